The van der Waals surface area contributed by atoms with Crippen LogP contribution in [-0.2, 0) is 14.3 Å². The van der Waals surface area contributed by atoms with Gasteiger partial charge in [-0.2, -0.15) is 0 Å². The van der Waals surface area contributed by atoms with Crippen molar-refractivity contribution in [2.45, 2.75) is 20.3 Å². The number of aromatic nitrogens is 2. The molecule has 0 spiro atoms. The molecule has 0 atom stereocenters. The zero-order valence-electron chi connectivity index (χ0n) is 18.7. The maximum Gasteiger partial charge on any atom is 0.267 e. The fraction of sp³-hybridized carbons (Fsp3) is 0.455. The van der Waals surface area contributed by atoms with Gasteiger partial charge in [-0.1, -0.05) is 30.0 Å². The van der Waals surface area contributed by atoms with Gasteiger partial charge in [0.25, 0.3) is 11.5 Å². The number of rotatable bonds is 12. The smallest absolute Gasteiger partial charge is 0.267 e. The van der Waals surface area contributed by atoms with Gasteiger partial charge in [0.1, 0.15) is 15.8 Å². The molecular weight excluding hydrogens is 464 g/mol. The second-order valence-electron chi connectivity index (χ2n) is 7.26. The number of pyridine rings is 1. The van der Waals surface area contributed by atoms with E-state index in [1.165, 1.54) is 21.1 Å². The summed E-state index contributed by atoms with van der Waals surface area (Å²) in [6.07, 6.45) is 3.95. The van der Waals surface area contributed by atoms with E-state index >= 15 is 0 Å². The van der Waals surface area contributed by atoms with Crippen LogP contribution in [0.25, 0.3) is 11.7 Å². The van der Waals surface area contributed by atoms with Crippen LogP contribution < -0.4 is 10.9 Å². The molecule has 3 rings (SSSR count). The first kappa shape index (κ1) is 25.3. The summed E-state index contributed by atoms with van der Waals surface area (Å²) in [7, 11) is 0. The lowest BCUT2D eigenvalue weighted by Gasteiger charge is -2.14. The van der Waals surface area contributed by atoms with Gasteiger partial charge in [-0.05, 0) is 38.0 Å². The van der Waals surface area contributed by atoms with Crippen molar-refractivity contribution in [1.29, 1.82) is 0 Å². The normalized spacial score (nSPS) is 15.2. The number of ether oxygens (including phenoxy) is 2. The number of carbonyl (C=O) groups excluding carboxylic acids is 1. The van der Waals surface area contributed by atoms with Crippen LogP contribution in [0.2, 0.25) is 0 Å². The van der Waals surface area contributed by atoms with Crippen LogP contribution in [0.5, 0.6) is 0 Å². The van der Waals surface area contributed by atoms with Crippen LogP contribution in [0.15, 0.2) is 28.0 Å². The van der Waals surface area contributed by atoms with E-state index in [1.807, 2.05) is 19.9 Å². The highest BCUT2D eigenvalue weighted by atomic mass is 32.2. The summed E-state index contributed by atoms with van der Waals surface area (Å²) >= 11 is 6.57. The molecule has 2 aromatic heterocycles. The molecule has 0 unspecified atom stereocenters. The van der Waals surface area contributed by atoms with Gasteiger partial charge in [0.15, 0.2) is 0 Å². The molecule has 0 aliphatic carbocycles. The molecule has 2 N–H and O–H groups in total. The SMILES string of the molecule is CCOCCCN1C(=O)/C(=C/c2c(NCCOCCO)nc3ccc(C)cn3c2=O)SC1=S. The first-order chi connectivity index (χ1) is 16.0. The molecule has 0 bridgehead atoms. The van der Waals surface area contributed by atoms with Crippen molar-refractivity contribution < 1.29 is 19.4 Å². The molecule has 0 aromatic carbocycles. The average Bonchev–Trinajstić information content (AvgIpc) is 3.06. The van der Waals surface area contributed by atoms with Crippen molar-refractivity contribution in [2.24, 2.45) is 0 Å². The van der Waals surface area contributed by atoms with Crippen molar-refractivity contribution in [3.05, 3.63) is 44.7 Å². The molecule has 3 heterocycles. The summed E-state index contributed by atoms with van der Waals surface area (Å²) < 4.78 is 12.6. The van der Waals surface area contributed by atoms with Crippen LogP contribution in [-0.4, -0.2) is 75.7 Å². The maximum absolute atomic E-state index is 13.3. The van der Waals surface area contributed by atoms with Crippen molar-refractivity contribution in [2.75, 3.05) is 51.4 Å². The fourth-order valence-electron chi connectivity index (χ4n) is 3.22. The Morgan fingerprint density at radius 3 is 2.82 bits per heavy atom. The minimum absolute atomic E-state index is 0.0629. The third-order valence-electron chi connectivity index (χ3n) is 4.80. The Morgan fingerprint density at radius 1 is 1.24 bits per heavy atom. The molecule has 1 amide bonds. The monoisotopic (exact) mass is 492 g/mol. The van der Waals surface area contributed by atoms with E-state index in [-0.39, 0.29) is 30.2 Å². The number of hydrogen-bond donors (Lipinski definition) is 2. The zero-order chi connectivity index (χ0) is 23.8. The van der Waals surface area contributed by atoms with Gasteiger partial charge in [0.2, 0.25) is 0 Å². The molecule has 11 heteroatoms. The highest BCUT2D eigenvalue weighted by Gasteiger charge is 2.32. The minimum Gasteiger partial charge on any atom is -0.394 e. The Balaban J connectivity index is 1.91. The number of anilines is 1. The van der Waals surface area contributed by atoms with Crippen LogP contribution in [0, 0.1) is 6.92 Å². The number of thiocarbonyl (C=S) groups is 1. The van der Waals surface area contributed by atoms with Crippen LogP contribution in [0.4, 0.5) is 5.82 Å². The summed E-state index contributed by atoms with van der Waals surface area (Å²) in [5.74, 6) is 0.130. The topological polar surface area (TPSA) is 105 Å². The molecule has 1 aliphatic rings. The molecule has 33 heavy (non-hydrogen) atoms. The first-order valence-corrected chi connectivity index (χ1v) is 12.0. The molecule has 1 saturated heterocycles. The Hall–Kier alpha value is -2.31. The Morgan fingerprint density at radius 2 is 2.06 bits per heavy atom. The van der Waals surface area contributed by atoms with Gasteiger partial charge in [0, 0.05) is 32.5 Å². The molecule has 9 nitrogen and oxygen atoms in total. The summed E-state index contributed by atoms with van der Waals surface area (Å²) in [6, 6.07) is 3.65. The van der Waals surface area contributed by atoms with E-state index in [9.17, 15) is 9.59 Å². The first-order valence-electron chi connectivity index (χ1n) is 10.7. The van der Waals surface area contributed by atoms with Gasteiger partial charge in [-0.25, -0.2) is 4.98 Å². The van der Waals surface area contributed by atoms with Crippen LogP contribution in [0.1, 0.15) is 24.5 Å². The van der Waals surface area contributed by atoms with Crippen LogP contribution >= 0.6 is 24.0 Å². The van der Waals surface area contributed by atoms with Crippen molar-refractivity contribution >= 4 is 51.7 Å². The van der Waals surface area contributed by atoms with Crippen LogP contribution in [0.3, 0.4) is 0 Å². The molecule has 1 fully saturated rings. The number of amides is 1. The molecule has 2 aromatic rings. The molecule has 0 saturated carbocycles. The van der Waals surface area contributed by atoms with Gasteiger partial charge in [0.05, 0.1) is 30.3 Å². The lowest BCUT2D eigenvalue weighted by atomic mass is 10.2. The van der Waals surface area contributed by atoms with Gasteiger partial charge >= 0.3 is 0 Å². The lowest BCUT2D eigenvalue weighted by Crippen LogP contribution is -2.29. The van der Waals surface area contributed by atoms with E-state index in [0.29, 0.717) is 60.0 Å². The quantitative estimate of drug-likeness (QED) is 0.262. The molecule has 0 radical (unpaired) electrons. The van der Waals surface area contributed by atoms with Gasteiger partial charge in [-0.3, -0.25) is 18.9 Å². The Labute approximate surface area is 201 Å². The second-order valence-corrected chi connectivity index (χ2v) is 8.94. The highest BCUT2D eigenvalue weighted by Crippen LogP contribution is 2.33. The van der Waals surface area contributed by atoms with Crippen molar-refractivity contribution in [1.82, 2.24) is 14.3 Å². The third kappa shape index (κ3) is 6.39. The predicted octanol–water partition coefficient (Wildman–Crippen LogP) is 2.05. The number of aryl methyl sites for hydroxylation is 1. The third-order valence-corrected chi connectivity index (χ3v) is 6.18. The predicted molar refractivity (Wildman–Crippen MR) is 134 cm³/mol. The lowest BCUT2D eigenvalue weighted by molar-refractivity contribution is -0.122. The highest BCUT2D eigenvalue weighted by molar-refractivity contribution is 8.26. The average molecular weight is 493 g/mol. The largest absolute Gasteiger partial charge is 0.394 e. The number of nitrogens with one attached hydrogen (secondary N) is 1. The number of hydrogen-bond acceptors (Lipinski definition) is 9. The van der Waals surface area contributed by atoms with E-state index in [0.717, 1.165) is 5.56 Å². The van der Waals surface area contributed by atoms with E-state index in [2.05, 4.69) is 10.3 Å². The summed E-state index contributed by atoms with van der Waals surface area (Å²) in [6.45, 7) is 6.33. The van der Waals surface area contributed by atoms with Crippen molar-refractivity contribution in [3.63, 3.8) is 0 Å². The number of fused-ring (bicyclic) bond motifs is 1. The molecule has 178 valence electrons. The fourth-order valence-corrected chi connectivity index (χ4v) is 4.52. The minimum atomic E-state index is -0.288. The molecular formula is C22H28N4O5S2. The summed E-state index contributed by atoms with van der Waals surface area (Å²) in [4.78, 5) is 32.8. The number of thioether (sulfide) groups is 1. The maximum atomic E-state index is 13.3. The van der Waals surface area contributed by atoms with Gasteiger partial charge in [-0.15, -0.1) is 0 Å². The number of aliphatic hydroxyl groups excluding tert-OH is 1. The number of aliphatic hydroxyl groups is 1. The summed E-state index contributed by atoms with van der Waals surface area (Å²) in [5.41, 5.74) is 1.39. The van der Waals surface area contributed by atoms with Gasteiger partial charge < -0.3 is 19.9 Å². The van der Waals surface area contributed by atoms with Crippen molar-refractivity contribution in [3.8, 4) is 0 Å². The number of nitrogens with zero attached hydrogens (tertiary/aromatic N) is 3. The van der Waals surface area contributed by atoms with E-state index < -0.39 is 0 Å². The second kappa shape index (κ2) is 12.2. The Kier molecular flexibility index (Phi) is 9.39. The number of carbonyl (C=O) groups is 1. The summed E-state index contributed by atoms with van der Waals surface area (Å²) in [5, 5.41) is 12.0. The standard InChI is InChI=1S/C22H28N4O5S2/c1-3-30-10-4-8-25-21(29)17(33-22(25)32)13-16-19(23-7-11-31-12-9-27)24-18-6-5-15(2)14-26(18)20(16)28/h5-6,13-14,23,27H,3-4,7-12H2,1-2H3/b17-13-. The zero-order valence-corrected chi connectivity index (χ0v) is 20.3. The van der Waals surface area contributed by atoms with E-state index in [1.54, 1.807) is 18.3 Å². The van der Waals surface area contributed by atoms with E-state index in [4.69, 9.17) is 26.8 Å². The Bertz CT molecular complexity index is 1100. The molecule has 1 aliphatic heterocycles.